The fraction of sp³-hybridized carbons (Fsp3) is 0.769. The number of aliphatic hydroxyl groups excluding tert-OH is 2. The second kappa shape index (κ2) is 8.79. The summed E-state index contributed by atoms with van der Waals surface area (Å²) in [6.07, 6.45) is 8.67. The molecule has 178 valence electrons. The Bertz CT molecular complexity index is 817. The van der Waals surface area contributed by atoms with Crippen molar-refractivity contribution in [2.24, 2.45) is 34.5 Å². The number of methoxy groups -OCH3 is 1. The van der Waals surface area contributed by atoms with E-state index in [0.29, 0.717) is 6.42 Å². The van der Waals surface area contributed by atoms with Crippen LogP contribution in [0.2, 0.25) is 0 Å². The van der Waals surface area contributed by atoms with Crippen molar-refractivity contribution in [2.45, 2.75) is 77.8 Å². The van der Waals surface area contributed by atoms with Crippen LogP contribution in [0.1, 0.15) is 59.3 Å². The van der Waals surface area contributed by atoms with E-state index in [4.69, 9.17) is 9.47 Å². The van der Waals surface area contributed by atoms with Gasteiger partial charge in [-0.3, -0.25) is 9.59 Å². The van der Waals surface area contributed by atoms with Crippen molar-refractivity contribution in [3.63, 3.8) is 0 Å². The molecule has 0 aromatic carbocycles. The van der Waals surface area contributed by atoms with Gasteiger partial charge in [-0.05, 0) is 61.5 Å². The lowest BCUT2D eigenvalue weighted by atomic mass is 9.46. The van der Waals surface area contributed by atoms with E-state index in [1.54, 1.807) is 19.3 Å². The molecule has 0 amide bonds. The number of rotatable bonds is 7. The van der Waals surface area contributed by atoms with Gasteiger partial charge in [0.2, 0.25) is 0 Å². The molecule has 3 unspecified atom stereocenters. The van der Waals surface area contributed by atoms with Crippen molar-refractivity contribution >= 4 is 11.6 Å². The van der Waals surface area contributed by atoms with Crippen molar-refractivity contribution in [3.05, 3.63) is 23.8 Å². The molecule has 2 N–H and O–H groups in total. The average Bonchev–Trinajstić information content (AvgIpc) is 3.04. The third-order valence-electron chi connectivity index (χ3n) is 9.12. The van der Waals surface area contributed by atoms with E-state index in [1.807, 2.05) is 6.08 Å². The fourth-order valence-corrected chi connectivity index (χ4v) is 7.80. The van der Waals surface area contributed by atoms with Crippen LogP contribution in [-0.4, -0.2) is 54.0 Å². The fourth-order valence-electron chi connectivity index (χ4n) is 7.80. The number of aliphatic hydroxyl groups is 2. The number of carbonyl (C=O) groups is 2. The minimum atomic E-state index is -0.589. The molecule has 4 aliphatic carbocycles. The van der Waals surface area contributed by atoms with E-state index >= 15 is 0 Å². The smallest absolute Gasteiger partial charge is 0.178 e. The van der Waals surface area contributed by atoms with Gasteiger partial charge < -0.3 is 19.7 Å². The molecule has 3 saturated carbocycles. The van der Waals surface area contributed by atoms with E-state index in [1.165, 1.54) is 0 Å². The number of allylic oxidation sites excluding steroid dienone is 4. The van der Waals surface area contributed by atoms with Crippen LogP contribution in [0, 0.1) is 34.5 Å². The topological polar surface area (TPSA) is 93.1 Å². The van der Waals surface area contributed by atoms with Crippen LogP contribution >= 0.6 is 0 Å². The third kappa shape index (κ3) is 3.64. The van der Waals surface area contributed by atoms with Crippen LogP contribution in [0.5, 0.6) is 0 Å². The third-order valence-corrected chi connectivity index (χ3v) is 9.12. The highest BCUT2D eigenvalue weighted by Crippen LogP contribution is 2.66. The van der Waals surface area contributed by atoms with Gasteiger partial charge in [-0.25, -0.2) is 0 Å². The number of carbonyl (C=O) groups excluding carboxylic acids is 2. The number of ether oxygens (including phenoxy) is 2. The lowest BCUT2D eigenvalue weighted by Gasteiger charge is -2.58. The van der Waals surface area contributed by atoms with Crippen LogP contribution in [0.25, 0.3) is 0 Å². The van der Waals surface area contributed by atoms with Crippen molar-refractivity contribution in [1.29, 1.82) is 0 Å². The minimum absolute atomic E-state index is 0.00224. The lowest BCUT2D eigenvalue weighted by molar-refractivity contribution is -0.177. The first-order chi connectivity index (χ1) is 15.2. The Kier molecular flexibility index (Phi) is 6.54. The van der Waals surface area contributed by atoms with Crippen LogP contribution in [0.3, 0.4) is 0 Å². The molecule has 4 rings (SSSR count). The molecule has 9 atom stereocenters. The maximum absolute atomic E-state index is 13.0. The van der Waals surface area contributed by atoms with Crippen LogP contribution in [0.15, 0.2) is 23.8 Å². The monoisotopic (exact) mass is 446 g/mol. The molecular formula is C26H38O6. The van der Waals surface area contributed by atoms with Gasteiger partial charge in [-0.2, -0.15) is 0 Å². The van der Waals surface area contributed by atoms with Gasteiger partial charge in [-0.15, -0.1) is 0 Å². The molecule has 0 spiro atoms. The van der Waals surface area contributed by atoms with E-state index in [2.05, 4.69) is 20.8 Å². The molecule has 4 aliphatic rings. The summed E-state index contributed by atoms with van der Waals surface area (Å²) in [5.74, 6) is -0.222. The molecular weight excluding hydrogens is 408 g/mol. The standard InChI is InChI=1S/C26H38O6/c1-5-6-22(31-4)32-21-12-18-17-8-7-15-11-16(28)9-10-25(15,2)23(17)19(29)13-26(18,3)24(21)20(30)14-27/h9-11,17-19,21-24,27,29H,5-8,12-14H2,1-4H3/t17?,18-,19-,21+,22?,23?,24-,25-,26-/m0/s1. The normalized spacial score (nSPS) is 43.8. The summed E-state index contributed by atoms with van der Waals surface area (Å²) in [7, 11) is 1.62. The number of ketones is 2. The van der Waals surface area contributed by atoms with Gasteiger partial charge in [-0.1, -0.05) is 38.8 Å². The Hall–Kier alpha value is -1.34. The minimum Gasteiger partial charge on any atom is -0.393 e. The van der Waals surface area contributed by atoms with E-state index in [0.717, 1.165) is 37.7 Å². The Morgan fingerprint density at radius 3 is 2.75 bits per heavy atom. The van der Waals surface area contributed by atoms with Gasteiger partial charge in [0.05, 0.1) is 18.1 Å². The van der Waals surface area contributed by atoms with Gasteiger partial charge >= 0.3 is 0 Å². The maximum atomic E-state index is 13.0. The van der Waals surface area contributed by atoms with Crippen molar-refractivity contribution in [2.75, 3.05) is 13.7 Å². The SMILES string of the molecule is CCCC(OC)O[C@@H]1C[C@H]2C3CCC4=CC(=O)C=C[C@]4(C)C3[C@@H](O)C[C@]2(C)[C@H]1C(=O)CO. The van der Waals surface area contributed by atoms with Gasteiger partial charge in [0.1, 0.15) is 6.61 Å². The lowest BCUT2D eigenvalue weighted by Crippen LogP contribution is -2.56. The summed E-state index contributed by atoms with van der Waals surface area (Å²) in [5, 5.41) is 21.3. The Labute approximate surface area is 191 Å². The number of hydrogen-bond donors (Lipinski definition) is 2. The molecule has 0 radical (unpaired) electrons. The molecule has 0 saturated heterocycles. The largest absolute Gasteiger partial charge is 0.393 e. The molecule has 6 nitrogen and oxygen atoms in total. The van der Waals surface area contributed by atoms with Crippen LogP contribution in [-0.2, 0) is 19.1 Å². The molecule has 0 aromatic heterocycles. The molecule has 0 aromatic rings. The van der Waals surface area contributed by atoms with Crippen LogP contribution < -0.4 is 0 Å². The highest BCUT2D eigenvalue weighted by molar-refractivity contribution is 6.01. The first-order valence-corrected chi connectivity index (χ1v) is 12.1. The number of hydrogen-bond acceptors (Lipinski definition) is 6. The van der Waals surface area contributed by atoms with Crippen LogP contribution in [0.4, 0.5) is 0 Å². The maximum Gasteiger partial charge on any atom is 0.178 e. The van der Waals surface area contributed by atoms with Crippen molar-refractivity contribution < 1.29 is 29.3 Å². The van der Waals surface area contributed by atoms with E-state index in [9.17, 15) is 19.8 Å². The Morgan fingerprint density at radius 2 is 2.09 bits per heavy atom. The van der Waals surface area contributed by atoms with Gasteiger partial charge in [0.25, 0.3) is 0 Å². The molecule has 0 bridgehead atoms. The average molecular weight is 447 g/mol. The summed E-state index contributed by atoms with van der Waals surface area (Å²) >= 11 is 0. The quantitative estimate of drug-likeness (QED) is 0.584. The molecule has 0 aliphatic heterocycles. The molecule has 3 fully saturated rings. The summed E-state index contributed by atoms with van der Waals surface area (Å²) in [4.78, 5) is 25.0. The second-order valence-electron chi connectivity index (χ2n) is 10.8. The summed E-state index contributed by atoms with van der Waals surface area (Å²) in [5.41, 5.74) is 0.330. The first-order valence-electron chi connectivity index (χ1n) is 12.1. The molecule has 0 heterocycles. The number of fused-ring (bicyclic) bond motifs is 5. The summed E-state index contributed by atoms with van der Waals surface area (Å²) in [6.45, 7) is 5.80. The zero-order valence-corrected chi connectivity index (χ0v) is 19.8. The summed E-state index contributed by atoms with van der Waals surface area (Å²) in [6, 6.07) is 0. The van der Waals surface area contributed by atoms with Crippen molar-refractivity contribution in [3.8, 4) is 0 Å². The van der Waals surface area contributed by atoms with Crippen molar-refractivity contribution in [1.82, 2.24) is 0 Å². The highest BCUT2D eigenvalue weighted by atomic mass is 16.7. The molecule has 32 heavy (non-hydrogen) atoms. The predicted octanol–water partition coefficient (Wildman–Crippen LogP) is 3.21. The Morgan fingerprint density at radius 1 is 1.34 bits per heavy atom. The summed E-state index contributed by atoms with van der Waals surface area (Å²) < 4.78 is 11.9. The number of Topliss-reactive ketones (excluding diaryl/α,β-unsaturated/α-hetero) is 1. The predicted molar refractivity (Wildman–Crippen MR) is 120 cm³/mol. The van der Waals surface area contributed by atoms with E-state index in [-0.39, 0.29) is 47.1 Å². The highest BCUT2D eigenvalue weighted by Gasteiger charge is 2.65. The van der Waals surface area contributed by atoms with Gasteiger partial charge in [0, 0.05) is 18.4 Å². The van der Waals surface area contributed by atoms with E-state index < -0.39 is 24.0 Å². The molecule has 6 heteroatoms. The zero-order chi connectivity index (χ0) is 23.3. The zero-order valence-electron chi connectivity index (χ0n) is 19.8. The Balaban J connectivity index is 1.69. The second-order valence-corrected chi connectivity index (χ2v) is 10.8. The van der Waals surface area contributed by atoms with Gasteiger partial charge in [0.15, 0.2) is 17.9 Å². The first kappa shape index (κ1) is 23.8.